The maximum absolute atomic E-state index is 4.73. The average Bonchev–Trinajstić information content (AvgIpc) is 2.92. The van der Waals surface area contributed by atoms with E-state index in [4.69, 9.17) is 5.10 Å². The van der Waals surface area contributed by atoms with Crippen molar-refractivity contribution in [2.24, 2.45) is 5.92 Å². The number of aromatic nitrogens is 4. The third kappa shape index (κ3) is 2.27. The van der Waals surface area contributed by atoms with E-state index >= 15 is 0 Å². The third-order valence-corrected chi connectivity index (χ3v) is 4.41. The number of rotatable bonds is 3. The molecule has 1 fully saturated rings. The van der Waals surface area contributed by atoms with Gasteiger partial charge in [0, 0.05) is 12.3 Å². The molecular formula is C12H19N5S. The maximum atomic E-state index is 4.73. The molecule has 1 aliphatic rings. The Labute approximate surface area is 111 Å². The number of fused-ring (bicyclic) bond motifs is 1. The van der Waals surface area contributed by atoms with Crippen LogP contribution in [0.25, 0.3) is 4.96 Å². The molecule has 18 heavy (non-hydrogen) atoms. The van der Waals surface area contributed by atoms with Crippen molar-refractivity contribution in [2.75, 3.05) is 13.1 Å². The molecule has 3 heterocycles. The van der Waals surface area contributed by atoms with Crippen LogP contribution < -0.4 is 5.32 Å². The maximum Gasteiger partial charge on any atom is 0.234 e. The quantitative estimate of drug-likeness (QED) is 0.920. The van der Waals surface area contributed by atoms with Crippen LogP contribution >= 0.6 is 11.3 Å². The topological polar surface area (TPSA) is 55.1 Å². The van der Waals surface area contributed by atoms with Crippen LogP contribution in [0, 0.1) is 5.92 Å². The van der Waals surface area contributed by atoms with Gasteiger partial charge in [0.25, 0.3) is 0 Å². The number of nitrogens with one attached hydrogen (secondary N) is 1. The highest BCUT2D eigenvalue weighted by Crippen LogP contribution is 2.29. The molecule has 0 spiro atoms. The Bertz CT molecular complexity index is 524. The average molecular weight is 265 g/mol. The molecule has 1 saturated heterocycles. The van der Waals surface area contributed by atoms with Crippen molar-refractivity contribution in [3.63, 3.8) is 0 Å². The van der Waals surface area contributed by atoms with Gasteiger partial charge in [0.15, 0.2) is 5.82 Å². The lowest BCUT2D eigenvalue weighted by Crippen LogP contribution is -2.26. The molecule has 6 heteroatoms. The molecule has 0 saturated carbocycles. The Morgan fingerprint density at radius 3 is 2.83 bits per heavy atom. The van der Waals surface area contributed by atoms with Crippen LogP contribution in [0.1, 0.15) is 43.4 Å². The van der Waals surface area contributed by atoms with Gasteiger partial charge in [-0.1, -0.05) is 25.2 Å². The van der Waals surface area contributed by atoms with Crippen molar-refractivity contribution >= 4 is 16.3 Å². The molecule has 0 atom stereocenters. The van der Waals surface area contributed by atoms with Crippen molar-refractivity contribution in [3.8, 4) is 0 Å². The lowest BCUT2D eigenvalue weighted by atomic mass is 9.99. The van der Waals surface area contributed by atoms with E-state index in [1.807, 2.05) is 4.52 Å². The molecule has 0 aliphatic carbocycles. The summed E-state index contributed by atoms with van der Waals surface area (Å²) in [6.07, 6.45) is 3.31. The zero-order chi connectivity index (χ0) is 12.5. The molecule has 1 aliphatic heterocycles. The number of hydrogen-bond donors (Lipinski definition) is 1. The molecular weight excluding hydrogens is 246 g/mol. The van der Waals surface area contributed by atoms with Gasteiger partial charge in [-0.15, -0.1) is 10.2 Å². The first-order valence-electron chi connectivity index (χ1n) is 6.66. The molecule has 0 bridgehead atoms. The largest absolute Gasteiger partial charge is 0.317 e. The van der Waals surface area contributed by atoms with E-state index < -0.39 is 0 Å². The molecule has 2 aromatic rings. The molecule has 2 aromatic heterocycles. The van der Waals surface area contributed by atoms with Crippen LogP contribution in [0.15, 0.2) is 0 Å². The predicted octanol–water partition coefficient (Wildman–Crippen LogP) is 1.85. The smallest absolute Gasteiger partial charge is 0.234 e. The van der Waals surface area contributed by atoms with Crippen molar-refractivity contribution in [1.29, 1.82) is 0 Å². The van der Waals surface area contributed by atoms with Gasteiger partial charge >= 0.3 is 0 Å². The van der Waals surface area contributed by atoms with Crippen LogP contribution in [0.5, 0.6) is 0 Å². The predicted molar refractivity (Wildman–Crippen MR) is 72.0 cm³/mol. The summed E-state index contributed by atoms with van der Waals surface area (Å²) >= 11 is 1.70. The Morgan fingerprint density at radius 2 is 2.11 bits per heavy atom. The van der Waals surface area contributed by atoms with E-state index in [9.17, 15) is 0 Å². The first kappa shape index (κ1) is 12.0. The van der Waals surface area contributed by atoms with Crippen molar-refractivity contribution in [1.82, 2.24) is 25.1 Å². The fourth-order valence-corrected chi connectivity index (χ4v) is 3.42. The summed E-state index contributed by atoms with van der Waals surface area (Å²) in [4.78, 5) is 0.944. The summed E-state index contributed by atoms with van der Waals surface area (Å²) in [5.74, 6) is 2.18. The van der Waals surface area contributed by atoms with E-state index in [1.54, 1.807) is 11.3 Å². The fraction of sp³-hybridized carbons (Fsp3) is 0.750. The molecule has 3 rings (SSSR count). The Balaban J connectivity index is 1.88. The summed E-state index contributed by atoms with van der Waals surface area (Å²) in [5, 5.41) is 17.8. The highest BCUT2D eigenvalue weighted by atomic mass is 32.1. The van der Waals surface area contributed by atoms with Crippen LogP contribution in [0.2, 0.25) is 0 Å². The van der Waals surface area contributed by atoms with Gasteiger partial charge in [-0.05, 0) is 31.8 Å². The van der Waals surface area contributed by atoms with Gasteiger partial charge in [0.05, 0.1) is 0 Å². The second-order valence-electron chi connectivity index (χ2n) is 5.37. The minimum atomic E-state index is 0.585. The number of hydrogen-bond acceptors (Lipinski definition) is 5. The molecule has 98 valence electrons. The van der Waals surface area contributed by atoms with E-state index in [0.29, 0.717) is 11.8 Å². The van der Waals surface area contributed by atoms with Crippen molar-refractivity contribution in [2.45, 2.75) is 39.0 Å². The first-order valence-corrected chi connectivity index (χ1v) is 7.47. The zero-order valence-electron chi connectivity index (χ0n) is 10.9. The van der Waals surface area contributed by atoms with E-state index in [-0.39, 0.29) is 0 Å². The molecule has 5 nitrogen and oxygen atoms in total. The summed E-state index contributed by atoms with van der Waals surface area (Å²) < 4.78 is 1.95. The zero-order valence-corrected chi connectivity index (χ0v) is 11.7. The molecule has 0 amide bonds. The first-order chi connectivity index (χ1) is 8.74. The second-order valence-corrected chi connectivity index (χ2v) is 6.36. The summed E-state index contributed by atoms with van der Waals surface area (Å²) in [6, 6.07) is 0. The lowest BCUT2D eigenvalue weighted by molar-refractivity contribution is 0.455. The van der Waals surface area contributed by atoms with Gasteiger partial charge in [0.1, 0.15) is 5.01 Å². The van der Waals surface area contributed by atoms with Gasteiger partial charge in [-0.3, -0.25) is 0 Å². The Morgan fingerprint density at radius 1 is 1.33 bits per heavy atom. The molecule has 1 N–H and O–H groups in total. The van der Waals surface area contributed by atoms with Gasteiger partial charge in [0.2, 0.25) is 4.96 Å². The molecule has 0 aromatic carbocycles. The highest BCUT2D eigenvalue weighted by molar-refractivity contribution is 7.16. The van der Waals surface area contributed by atoms with E-state index in [1.165, 1.54) is 17.8 Å². The van der Waals surface area contributed by atoms with Crippen LogP contribution in [0.4, 0.5) is 0 Å². The van der Waals surface area contributed by atoms with Crippen LogP contribution in [-0.4, -0.2) is 32.9 Å². The van der Waals surface area contributed by atoms with Gasteiger partial charge in [-0.25, -0.2) is 0 Å². The van der Waals surface area contributed by atoms with Crippen LogP contribution in [-0.2, 0) is 6.42 Å². The monoisotopic (exact) mass is 265 g/mol. The standard InChI is InChI=1S/C12H19N5S/c1-8(2)7-10-14-15-12-17(10)16-11(18-12)9-3-5-13-6-4-9/h8-9,13H,3-7H2,1-2H3. The SMILES string of the molecule is CC(C)Cc1nnc2sc(C3CCNCC3)nn12. The minimum absolute atomic E-state index is 0.585. The summed E-state index contributed by atoms with van der Waals surface area (Å²) in [7, 11) is 0. The third-order valence-electron chi connectivity index (χ3n) is 3.35. The Hall–Kier alpha value is -1.01. The fourth-order valence-electron chi connectivity index (χ4n) is 2.40. The Kier molecular flexibility index (Phi) is 3.30. The van der Waals surface area contributed by atoms with E-state index in [2.05, 4.69) is 29.4 Å². The van der Waals surface area contributed by atoms with Crippen molar-refractivity contribution < 1.29 is 0 Å². The minimum Gasteiger partial charge on any atom is -0.317 e. The normalized spacial score (nSPS) is 17.9. The summed E-state index contributed by atoms with van der Waals surface area (Å²) in [6.45, 7) is 6.59. The highest BCUT2D eigenvalue weighted by Gasteiger charge is 2.21. The number of nitrogens with zero attached hydrogens (tertiary/aromatic N) is 4. The second kappa shape index (κ2) is 4.93. The van der Waals surface area contributed by atoms with Gasteiger partial charge in [-0.2, -0.15) is 9.61 Å². The van der Waals surface area contributed by atoms with Crippen molar-refractivity contribution in [3.05, 3.63) is 10.8 Å². The van der Waals surface area contributed by atoms with Crippen LogP contribution in [0.3, 0.4) is 0 Å². The van der Waals surface area contributed by atoms with Gasteiger partial charge < -0.3 is 5.32 Å². The molecule has 0 radical (unpaired) electrons. The molecule has 0 unspecified atom stereocenters. The lowest BCUT2D eigenvalue weighted by Gasteiger charge is -2.19. The van der Waals surface area contributed by atoms with E-state index in [0.717, 1.165) is 30.3 Å². The summed E-state index contributed by atoms with van der Waals surface area (Å²) in [5.41, 5.74) is 0. The number of piperidine rings is 1.